The molecule has 1 unspecified atom stereocenters. The first-order valence-corrected chi connectivity index (χ1v) is 7.32. The van der Waals surface area contributed by atoms with E-state index in [0.717, 1.165) is 6.42 Å². The summed E-state index contributed by atoms with van der Waals surface area (Å²) in [6.07, 6.45) is 0.780. The summed E-state index contributed by atoms with van der Waals surface area (Å²) in [7, 11) is 1.70. The van der Waals surface area contributed by atoms with E-state index in [0.29, 0.717) is 19.7 Å². The Morgan fingerprint density at radius 1 is 1.60 bits per heavy atom. The number of morpholine rings is 1. The number of carbonyl (C=O) groups is 2. The van der Waals surface area contributed by atoms with Gasteiger partial charge < -0.3 is 19.6 Å². The number of hydrogen-bond donors (Lipinski definition) is 1. The highest BCUT2D eigenvalue weighted by Gasteiger charge is 2.34. The third-order valence-corrected chi connectivity index (χ3v) is 4.20. The molecular formula is C13H18N2O4S. The molecule has 0 spiro atoms. The summed E-state index contributed by atoms with van der Waals surface area (Å²) in [5.41, 5.74) is 0. The molecule has 1 aromatic heterocycles. The number of aliphatic carboxylic acids is 1. The molecule has 0 saturated carbocycles. The fourth-order valence-electron chi connectivity index (χ4n) is 2.08. The molecule has 0 aliphatic carbocycles. The van der Waals surface area contributed by atoms with Crippen LogP contribution in [0.4, 0.5) is 4.79 Å². The van der Waals surface area contributed by atoms with Crippen LogP contribution < -0.4 is 0 Å². The number of hydrogen-bond acceptors (Lipinski definition) is 4. The van der Waals surface area contributed by atoms with Crippen LogP contribution in [0.15, 0.2) is 17.5 Å². The van der Waals surface area contributed by atoms with Crippen molar-refractivity contribution in [1.29, 1.82) is 0 Å². The van der Waals surface area contributed by atoms with Gasteiger partial charge in [-0.1, -0.05) is 6.07 Å². The summed E-state index contributed by atoms with van der Waals surface area (Å²) in [6.45, 7) is 1.33. The van der Waals surface area contributed by atoms with Gasteiger partial charge in [0, 0.05) is 25.0 Å². The molecule has 1 N–H and O–H groups in total. The van der Waals surface area contributed by atoms with Crippen molar-refractivity contribution in [2.24, 2.45) is 0 Å². The summed E-state index contributed by atoms with van der Waals surface area (Å²) in [6, 6.07) is 2.86. The molecule has 0 radical (unpaired) electrons. The maximum absolute atomic E-state index is 12.3. The topological polar surface area (TPSA) is 70.1 Å². The second-order valence-corrected chi connectivity index (χ2v) is 5.69. The number of rotatable bonds is 4. The number of carboxylic acids is 1. The maximum Gasteiger partial charge on any atom is 0.328 e. The highest BCUT2D eigenvalue weighted by Crippen LogP contribution is 2.12. The number of urea groups is 1. The van der Waals surface area contributed by atoms with Crippen molar-refractivity contribution in [3.05, 3.63) is 22.4 Å². The number of thiophene rings is 1. The summed E-state index contributed by atoms with van der Waals surface area (Å²) in [5.74, 6) is -1.02. The molecule has 1 aliphatic heterocycles. The molecule has 2 rings (SSSR count). The van der Waals surface area contributed by atoms with E-state index >= 15 is 0 Å². The van der Waals surface area contributed by atoms with Crippen molar-refractivity contribution in [2.45, 2.75) is 12.5 Å². The van der Waals surface area contributed by atoms with Crippen LogP contribution >= 0.6 is 11.3 Å². The normalized spacial score (nSPS) is 18.9. The lowest BCUT2D eigenvalue weighted by atomic mass is 10.2. The molecule has 6 nitrogen and oxygen atoms in total. The predicted octanol–water partition coefficient (Wildman–Crippen LogP) is 1.13. The van der Waals surface area contributed by atoms with E-state index in [1.807, 2.05) is 17.5 Å². The van der Waals surface area contributed by atoms with Crippen LogP contribution in [0, 0.1) is 0 Å². The van der Waals surface area contributed by atoms with Crippen molar-refractivity contribution in [2.75, 3.05) is 33.4 Å². The Hall–Kier alpha value is -1.60. The third-order valence-electron chi connectivity index (χ3n) is 3.26. The Morgan fingerprint density at radius 2 is 2.40 bits per heavy atom. The zero-order chi connectivity index (χ0) is 14.5. The molecule has 1 saturated heterocycles. The van der Waals surface area contributed by atoms with Gasteiger partial charge in [0.25, 0.3) is 0 Å². The lowest BCUT2D eigenvalue weighted by molar-refractivity contribution is -0.147. The minimum Gasteiger partial charge on any atom is -0.480 e. The summed E-state index contributed by atoms with van der Waals surface area (Å²) < 4.78 is 5.13. The lowest BCUT2D eigenvalue weighted by Crippen LogP contribution is -2.56. The van der Waals surface area contributed by atoms with Gasteiger partial charge in [-0.2, -0.15) is 0 Å². The fraction of sp³-hybridized carbons (Fsp3) is 0.538. The number of carbonyl (C=O) groups excluding carboxylic acids is 1. The zero-order valence-corrected chi connectivity index (χ0v) is 12.1. The van der Waals surface area contributed by atoms with Gasteiger partial charge in [-0.25, -0.2) is 9.59 Å². The van der Waals surface area contributed by atoms with E-state index in [1.165, 1.54) is 9.78 Å². The van der Waals surface area contributed by atoms with Crippen LogP contribution in [0.25, 0.3) is 0 Å². The molecular weight excluding hydrogens is 280 g/mol. The average Bonchev–Trinajstić information content (AvgIpc) is 2.97. The Kier molecular flexibility index (Phi) is 4.97. The SMILES string of the molecule is CN(CCc1cccs1)C(=O)N1CCOCC1C(=O)O. The molecule has 2 amide bonds. The van der Waals surface area contributed by atoms with Crippen molar-refractivity contribution >= 4 is 23.3 Å². The number of amides is 2. The quantitative estimate of drug-likeness (QED) is 0.904. The van der Waals surface area contributed by atoms with Gasteiger partial charge in [-0.3, -0.25) is 0 Å². The molecule has 2 heterocycles. The van der Waals surface area contributed by atoms with E-state index in [4.69, 9.17) is 9.84 Å². The van der Waals surface area contributed by atoms with Crippen LogP contribution in [0.3, 0.4) is 0 Å². The molecule has 0 bridgehead atoms. The second kappa shape index (κ2) is 6.71. The first kappa shape index (κ1) is 14.8. The Labute approximate surface area is 121 Å². The largest absolute Gasteiger partial charge is 0.480 e. The van der Waals surface area contributed by atoms with Gasteiger partial charge in [-0.15, -0.1) is 11.3 Å². The van der Waals surface area contributed by atoms with Crippen LogP contribution in [0.5, 0.6) is 0 Å². The van der Waals surface area contributed by atoms with Gasteiger partial charge in [-0.05, 0) is 17.9 Å². The minimum atomic E-state index is -1.02. The summed E-state index contributed by atoms with van der Waals surface area (Å²) in [5, 5.41) is 11.1. The van der Waals surface area contributed by atoms with E-state index in [1.54, 1.807) is 23.3 Å². The number of likely N-dealkylation sites (N-methyl/N-ethyl adjacent to an activating group) is 1. The monoisotopic (exact) mass is 298 g/mol. The Morgan fingerprint density at radius 3 is 3.05 bits per heavy atom. The minimum absolute atomic E-state index is 0.0554. The Bertz CT molecular complexity index is 463. The Balaban J connectivity index is 1.92. The molecule has 1 atom stereocenters. The van der Waals surface area contributed by atoms with Crippen LogP contribution in [-0.2, 0) is 16.0 Å². The van der Waals surface area contributed by atoms with Crippen molar-refractivity contribution in [1.82, 2.24) is 9.80 Å². The van der Waals surface area contributed by atoms with Gasteiger partial charge >= 0.3 is 12.0 Å². The molecule has 7 heteroatoms. The fourth-order valence-corrected chi connectivity index (χ4v) is 2.78. The van der Waals surface area contributed by atoms with Gasteiger partial charge in [0.05, 0.1) is 13.2 Å². The molecule has 1 fully saturated rings. The molecule has 20 heavy (non-hydrogen) atoms. The van der Waals surface area contributed by atoms with E-state index in [-0.39, 0.29) is 12.6 Å². The predicted molar refractivity (Wildman–Crippen MR) is 75.0 cm³/mol. The highest BCUT2D eigenvalue weighted by atomic mass is 32.1. The second-order valence-electron chi connectivity index (χ2n) is 4.66. The molecule has 1 aromatic rings. The van der Waals surface area contributed by atoms with E-state index in [9.17, 15) is 9.59 Å². The number of nitrogens with zero attached hydrogens (tertiary/aromatic N) is 2. The zero-order valence-electron chi connectivity index (χ0n) is 11.3. The van der Waals surface area contributed by atoms with Crippen molar-refractivity contribution in [3.63, 3.8) is 0 Å². The smallest absolute Gasteiger partial charge is 0.328 e. The van der Waals surface area contributed by atoms with Gasteiger partial charge in [0.15, 0.2) is 6.04 Å². The van der Waals surface area contributed by atoms with Gasteiger partial charge in [0.2, 0.25) is 0 Å². The van der Waals surface area contributed by atoms with E-state index in [2.05, 4.69) is 0 Å². The highest BCUT2D eigenvalue weighted by molar-refractivity contribution is 7.09. The van der Waals surface area contributed by atoms with Crippen molar-refractivity contribution < 1.29 is 19.4 Å². The number of ether oxygens (including phenoxy) is 1. The average molecular weight is 298 g/mol. The molecule has 110 valence electrons. The van der Waals surface area contributed by atoms with Gasteiger partial charge in [0.1, 0.15) is 0 Å². The summed E-state index contributed by atoms with van der Waals surface area (Å²) in [4.78, 5) is 27.6. The third kappa shape index (κ3) is 3.49. The number of carboxylic acid groups (broad SMARTS) is 1. The standard InChI is InChI=1S/C13H18N2O4S/c1-14(5-4-10-3-2-8-20-10)13(18)15-6-7-19-9-11(15)12(16)17/h2-3,8,11H,4-7,9H2,1H3,(H,16,17). The lowest BCUT2D eigenvalue weighted by Gasteiger charge is -2.35. The van der Waals surface area contributed by atoms with Crippen LogP contribution in [0.2, 0.25) is 0 Å². The molecule has 0 aromatic carbocycles. The maximum atomic E-state index is 12.3. The molecule has 1 aliphatic rings. The van der Waals surface area contributed by atoms with E-state index < -0.39 is 12.0 Å². The first-order valence-electron chi connectivity index (χ1n) is 6.44. The van der Waals surface area contributed by atoms with Crippen LogP contribution in [0.1, 0.15) is 4.88 Å². The van der Waals surface area contributed by atoms with Crippen molar-refractivity contribution in [3.8, 4) is 0 Å². The van der Waals surface area contributed by atoms with Crippen LogP contribution in [-0.4, -0.2) is 66.3 Å². The summed E-state index contributed by atoms with van der Waals surface area (Å²) >= 11 is 1.65. The first-order chi connectivity index (χ1) is 9.59.